The molecule has 2 aromatic rings. The van der Waals surface area contributed by atoms with Crippen LogP contribution in [0.25, 0.3) is 0 Å². The second kappa shape index (κ2) is 7.65. The molecule has 1 aliphatic rings. The number of hydrogen-bond donors (Lipinski definition) is 1. The summed E-state index contributed by atoms with van der Waals surface area (Å²) in [5.41, 5.74) is 1.50. The summed E-state index contributed by atoms with van der Waals surface area (Å²) in [7, 11) is 3.18. The highest BCUT2D eigenvalue weighted by atomic mass is 16.5. The van der Waals surface area contributed by atoms with E-state index in [4.69, 9.17) is 14.6 Å². The molecule has 1 aromatic heterocycles. The Labute approximate surface area is 157 Å². The number of pyridine rings is 1. The summed E-state index contributed by atoms with van der Waals surface area (Å²) in [5.74, 6) is 0.0926. The zero-order valence-electron chi connectivity index (χ0n) is 15.6. The number of ether oxygens (including phenoxy) is 2. The third-order valence-corrected chi connectivity index (χ3v) is 4.61. The van der Waals surface area contributed by atoms with Crippen molar-refractivity contribution in [1.82, 2.24) is 9.88 Å². The lowest BCUT2D eigenvalue weighted by atomic mass is 10.1. The highest BCUT2D eigenvalue weighted by Crippen LogP contribution is 2.33. The van der Waals surface area contributed by atoms with Crippen molar-refractivity contribution in [2.45, 2.75) is 32.4 Å². The summed E-state index contributed by atoms with van der Waals surface area (Å²) >= 11 is 0. The second-order valence-electron chi connectivity index (χ2n) is 6.48. The fourth-order valence-electron chi connectivity index (χ4n) is 3.00. The quantitative estimate of drug-likeness (QED) is 0.806. The molecule has 0 bridgehead atoms. The third kappa shape index (κ3) is 4.02. The van der Waals surface area contributed by atoms with Crippen LogP contribution < -0.4 is 9.47 Å². The number of carboxylic acid groups (broad SMARTS) is 1. The minimum atomic E-state index is -1.06. The van der Waals surface area contributed by atoms with Crippen LogP contribution in [0.4, 0.5) is 0 Å². The Hall–Kier alpha value is -3.09. The van der Waals surface area contributed by atoms with Gasteiger partial charge in [-0.2, -0.15) is 0 Å². The van der Waals surface area contributed by atoms with Gasteiger partial charge in [-0.3, -0.25) is 4.79 Å². The van der Waals surface area contributed by atoms with Gasteiger partial charge in [0.25, 0.3) is 5.91 Å². The Kier molecular flexibility index (Phi) is 5.30. The van der Waals surface area contributed by atoms with E-state index in [-0.39, 0.29) is 23.2 Å². The number of aromatic nitrogens is 1. The number of rotatable bonds is 7. The lowest BCUT2D eigenvalue weighted by molar-refractivity contribution is 0.0688. The number of aryl methyl sites for hydroxylation is 1. The molecule has 0 spiro atoms. The number of aromatic carboxylic acids is 1. The molecular formula is C20H22N2O5. The van der Waals surface area contributed by atoms with Gasteiger partial charge in [-0.1, -0.05) is 0 Å². The Morgan fingerprint density at radius 3 is 2.48 bits per heavy atom. The Bertz CT molecular complexity index is 877. The molecule has 1 aliphatic carbocycles. The molecule has 0 saturated heterocycles. The van der Waals surface area contributed by atoms with Crippen molar-refractivity contribution in [2.75, 3.05) is 14.2 Å². The molecule has 1 heterocycles. The summed E-state index contributed by atoms with van der Waals surface area (Å²) in [6, 6.07) is 8.52. The van der Waals surface area contributed by atoms with E-state index in [1.54, 1.807) is 32.1 Å². The molecule has 7 heteroatoms. The minimum absolute atomic E-state index is 0.0963. The van der Waals surface area contributed by atoms with Crippen LogP contribution in [0.1, 0.15) is 44.9 Å². The molecular weight excluding hydrogens is 348 g/mol. The van der Waals surface area contributed by atoms with Crippen LogP contribution in [0.5, 0.6) is 11.5 Å². The van der Waals surface area contributed by atoms with Crippen molar-refractivity contribution >= 4 is 11.9 Å². The van der Waals surface area contributed by atoms with Crippen molar-refractivity contribution < 1.29 is 24.2 Å². The first-order valence-corrected chi connectivity index (χ1v) is 8.67. The number of hydrogen-bond acceptors (Lipinski definition) is 5. The van der Waals surface area contributed by atoms with Gasteiger partial charge in [0.15, 0.2) is 0 Å². The van der Waals surface area contributed by atoms with E-state index in [0.717, 1.165) is 18.4 Å². The molecule has 1 fully saturated rings. The van der Waals surface area contributed by atoms with Crippen LogP contribution in [0.15, 0.2) is 30.3 Å². The smallest absolute Gasteiger partial charge is 0.337 e. The van der Waals surface area contributed by atoms with Crippen molar-refractivity contribution in [2.24, 2.45) is 0 Å². The predicted octanol–water partition coefficient (Wildman–Crippen LogP) is 2.91. The molecule has 1 N–H and O–H groups in total. The Morgan fingerprint density at radius 1 is 1.19 bits per heavy atom. The fraction of sp³-hybridized carbons (Fsp3) is 0.350. The molecule has 0 atom stereocenters. The van der Waals surface area contributed by atoms with Gasteiger partial charge in [0.1, 0.15) is 17.2 Å². The molecule has 7 nitrogen and oxygen atoms in total. The standard InChI is InChI=1S/C20H22N2O5/c1-12-16(20(24)25)7-8-17(21-12)19(23)22(14-4-5-14)11-13-10-15(26-2)6-9-18(13)27-3/h6-10,14H,4-5,11H2,1-3H3,(H,24,25). The maximum atomic E-state index is 13.1. The monoisotopic (exact) mass is 370 g/mol. The van der Waals surface area contributed by atoms with Gasteiger partial charge < -0.3 is 19.5 Å². The van der Waals surface area contributed by atoms with Crippen molar-refractivity contribution in [3.63, 3.8) is 0 Å². The second-order valence-corrected chi connectivity index (χ2v) is 6.48. The molecule has 3 rings (SSSR count). The minimum Gasteiger partial charge on any atom is -0.497 e. The average molecular weight is 370 g/mol. The molecule has 0 radical (unpaired) electrons. The average Bonchev–Trinajstić information content (AvgIpc) is 3.50. The van der Waals surface area contributed by atoms with Gasteiger partial charge in [0.2, 0.25) is 0 Å². The largest absolute Gasteiger partial charge is 0.497 e. The van der Waals surface area contributed by atoms with Gasteiger partial charge in [-0.05, 0) is 50.1 Å². The lowest BCUT2D eigenvalue weighted by Gasteiger charge is -2.24. The van der Waals surface area contributed by atoms with Crippen molar-refractivity contribution in [3.05, 3.63) is 52.8 Å². The fourth-order valence-corrected chi connectivity index (χ4v) is 3.00. The van der Waals surface area contributed by atoms with Gasteiger partial charge in [0.05, 0.1) is 32.0 Å². The first-order valence-electron chi connectivity index (χ1n) is 8.67. The summed E-state index contributed by atoms with van der Waals surface area (Å²) in [4.78, 5) is 30.2. The van der Waals surface area contributed by atoms with Crippen LogP contribution in [0.3, 0.4) is 0 Å². The first-order chi connectivity index (χ1) is 12.9. The molecule has 142 valence electrons. The molecule has 1 saturated carbocycles. The first kappa shape index (κ1) is 18.7. The zero-order valence-corrected chi connectivity index (χ0v) is 15.6. The zero-order chi connectivity index (χ0) is 19.6. The van der Waals surface area contributed by atoms with E-state index in [1.165, 1.54) is 12.1 Å². The molecule has 0 unspecified atom stereocenters. The summed E-state index contributed by atoms with van der Waals surface area (Å²) < 4.78 is 10.7. The number of methoxy groups -OCH3 is 2. The van der Waals surface area contributed by atoms with Gasteiger partial charge >= 0.3 is 5.97 Å². The number of amides is 1. The predicted molar refractivity (Wildman–Crippen MR) is 98.4 cm³/mol. The van der Waals surface area contributed by atoms with E-state index in [9.17, 15) is 9.59 Å². The van der Waals surface area contributed by atoms with Crippen molar-refractivity contribution in [1.29, 1.82) is 0 Å². The van der Waals surface area contributed by atoms with E-state index >= 15 is 0 Å². The maximum absolute atomic E-state index is 13.1. The number of carbonyl (C=O) groups excluding carboxylic acids is 1. The molecule has 27 heavy (non-hydrogen) atoms. The summed E-state index contributed by atoms with van der Waals surface area (Å²) in [6.45, 7) is 1.96. The van der Waals surface area contributed by atoms with Crippen LogP contribution >= 0.6 is 0 Å². The number of carboxylic acids is 1. The molecule has 0 aliphatic heterocycles. The van der Waals surface area contributed by atoms with Crippen LogP contribution in [0.2, 0.25) is 0 Å². The van der Waals surface area contributed by atoms with Crippen LogP contribution in [0, 0.1) is 6.92 Å². The highest BCUT2D eigenvalue weighted by Gasteiger charge is 2.34. The highest BCUT2D eigenvalue weighted by molar-refractivity contribution is 5.94. The molecule has 1 aromatic carbocycles. The summed E-state index contributed by atoms with van der Waals surface area (Å²) in [6.07, 6.45) is 1.87. The third-order valence-electron chi connectivity index (χ3n) is 4.61. The lowest BCUT2D eigenvalue weighted by Crippen LogP contribution is -2.33. The number of benzene rings is 1. The van der Waals surface area contributed by atoms with Crippen molar-refractivity contribution in [3.8, 4) is 11.5 Å². The number of carbonyl (C=O) groups is 2. The SMILES string of the molecule is COc1ccc(OC)c(CN(C(=O)c2ccc(C(=O)O)c(C)n2)C2CC2)c1. The van der Waals surface area contributed by atoms with E-state index in [0.29, 0.717) is 23.7 Å². The summed E-state index contributed by atoms with van der Waals surface area (Å²) in [5, 5.41) is 9.14. The normalized spacial score (nSPS) is 13.1. The van der Waals surface area contributed by atoms with Gasteiger partial charge in [-0.25, -0.2) is 9.78 Å². The number of nitrogens with zero attached hydrogens (tertiary/aromatic N) is 2. The Morgan fingerprint density at radius 2 is 1.93 bits per heavy atom. The van der Waals surface area contributed by atoms with E-state index in [1.807, 2.05) is 12.1 Å². The maximum Gasteiger partial charge on any atom is 0.337 e. The van der Waals surface area contributed by atoms with Gasteiger partial charge in [-0.15, -0.1) is 0 Å². The van der Waals surface area contributed by atoms with E-state index in [2.05, 4.69) is 4.98 Å². The topological polar surface area (TPSA) is 89.0 Å². The van der Waals surface area contributed by atoms with Crippen LogP contribution in [-0.4, -0.2) is 47.1 Å². The Balaban J connectivity index is 1.89. The van der Waals surface area contributed by atoms with E-state index < -0.39 is 5.97 Å². The molecule has 1 amide bonds. The van der Waals surface area contributed by atoms with Crippen LogP contribution in [-0.2, 0) is 6.54 Å². The van der Waals surface area contributed by atoms with Gasteiger partial charge in [0, 0.05) is 11.6 Å².